The Hall–Kier alpha value is -3.00. The minimum absolute atomic E-state index is 0.111. The zero-order chi connectivity index (χ0) is 20.4. The number of hydrogen-bond donors (Lipinski definition) is 1. The van der Waals surface area contributed by atoms with Gasteiger partial charge in [-0.15, -0.1) is 0 Å². The molecule has 152 valence electrons. The Balaban J connectivity index is 1.55. The van der Waals surface area contributed by atoms with Crippen molar-refractivity contribution in [3.63, 3.8) is 0 Å². The average Bonchev–Trinajstić information content (AvgIpc) is 3.26. The van der Waals surface area contributed by atoms with E-state index in [0.717, 1.165) is 31.5 Å². The van der Waals surface area contributed by atoms with Crippen LogP contribution in [0, 0.1) is 10.1 Å². The molecule has 0 aliphatic carbocycles. The second-order valence-electron chi connectivity index (χ2n) is 6.94. The van der Waals surface area contributed by atoms with Crippen LogP contribution in [0.4, 0.5) is 11.4 Å². The molecule has 1 fully saturated rings. The van der Waals surface area contributed by atoms with E-state index in [-0.39, 0.29) is 18.1 Å². The topological polar surface area (TPSA) is 93.9 Å². The van der Waals surface area contributed by atoms with E-state index >= 15 is 0 Å². The molecule has 1 saturated heterocycles. The Morgan fingerprint density at radius 2 is 1.93 bits per heavy atom. The number of nitro groups is 1. The van der Waals surface area contributed by atoms with Crippen LogP contribution < -0.4 is 19.7 Å². The number of benzene rings is 2. The zero-order valence-corrected chi connectivity index (χ0v) is 16.4. The van der Waals surface area contributed by atoms with Crippen LogP contribution in [0.3, 0.4) is 0 Å². The average molecular weight is 418 g/mol. The fourth-order valence-electron chi connectivity index (χ4n) is 3.60. The molecule has 2 aliphatic heterocycles. The van der Waals surface area contributed by atoms with Crippen LogP contribution in [-0.4, -0.2) is 37.1 Å². The molecule has 2 aliphatic rings. The van der Waals surface area contributed by atoms with Crippen molar-refractivity contribution in [2.45, 2.75) is 19.4 Å². The van der Waals surface area contributed by atoms with Gasteiger partial charge in [0.05, 0.1) is 21.2 Å². The summed E-state index contributed by atoms with van der Waals surface area (Å²) in [5.74, 6) is 0.672. The van der Waals surface area contributed by atoms with Crippen molar-refractivity contribution < 1.29 is 19.2 Å². The molecule has 0 aromatic heterocycles. The van der Waals surface area contributed by atoms with Crippen molar-refractivity contribution in [2.75, 3.05) is 31.2 Å². The standard InChI is InChI=1S/C20H20ClN3O5/c21-16-9-13(10-18-19(16)29-8-7-28-18)12-22-20(25)15-11-14(24(26)27)3-4-17(15)23-5-1-2-6-23/h3-4,9-11H,1-2,5-8,12H2,(H,22,25). The van der Waals surface area contributed by atoms with Gasteiger partial charge < -0.3 is 19.7 Å². The third-order valence-corrected chi connectivity index (χ3v) is 5.27. The Kier molecular flexibility index (Phi) is 5.44. The van der Waals surface area contributed by atoms with Gasteiger partial charge in [0.15, 0.2) is 11.5 Å². The lowest BCUT2D eigenvalue weighted by molar-refractivity contribution is -0.384. The number of ether oxygens (including phenoxy) is 2. The second kappa shape index (κ2) is 8.16. The largest absolute Gasteiger partial charge is 0.486 e. The zero-order valence-electron chi connectivity index (χ0n) is 15.7. The first-order valence-corrected chi connectivity index (χ1v) is 9.80. The molecular formula is C20H20ClN3O5. The molecule has 0 saturated carbocycles. The molecule has 0 bridgehead atoms. The maximum Gasteiger partial charge on any atom is 0.270 e. The molecule has 0 spiro atoms. The molecule has 1 N–H and O–H groups in total. The van der Waals surface area contributed by atoms with Crippen molar-refractivity contribution in [3.05, 3.63) is 56.6 Å². The molecule has 2 aromatic rings. The third kappa shape index (κ3) is 4.07. The Morgan fingerprint density at radius 3 is 2.69 bits per heavy atom. The first kappa shape index (κ1) is 19.3. The molecule has 0 radical (unpaired) electrons. The number of halogens is 1. The molecule has 0 atom stereocenters. The van der Waals surface area contributed by atoms with Crippen molar-refractivity contribution in [2.24, 2.45) is 0 Å². The van der Waals surface area contributed by atoms with E-state index in [1.165, 1.54) is 12.1 Å². The fraction of sp³-hybridized carbons (Fsp3) is 0.350. The van der Waals surface area contributed by atoms with E-state index in [4.69, 9.17) is 21.1 Å². The van der Waals surface area contributed by atoms with Gasteiger partial charge in [0.25, 0.3) is 11.6 Å². The number of nitro benzene ring substituents is 1. The summed E-state index contributed by atoms with van der Waals surface area (Å²) >= 11 is 6.25. The SMILES string of the molecule is O=C(NCc1cc(Cl)c2c(c1)OCCO2)c1cc([N+](=O)[O-])ccc1N1CCCC1. The van der Waals surface area contributed by atoms with Crippen LogP contribution in [0.5, 0.6) is 11.5 Å². The van der Waals surface area contributed by atoms with Crippen LogP contribution in [-0.2, 0) is 6.54 Å². The van der Waals surface area contributed by atoms with Crippen LogP contribution in [0.2, 0.25) is 5.02 Å². The van der Waals surface area contributed by atoms with E-state index in [1.54, 1.807) is 18.2 Å². The number of carbonyl (C=O) groups is 1. The smallest absolute Gasteiger partial charge is 0.270 e. The number of anilines is 1. The van der Waals surface area contributed by atoms with Gasteiger partial charge in [-0.3, -0.25) is 14.9 Å². The summed E-state index contributed by atoms with van der Waals surface area (Å²) in [4.78, 5) is 25.7. The molecule has 9 heteroatoms. The molecule has 29 heavy (non-hydrogen) atoms. The molecule has 0 unspecified atom stereocenters. The Bertz CT molecular complexity index is 959. The van der Waals surface area contributed by atoms with Gasteiger partial charge in [-0.1, -0.05) is 11.6 Å². The molecular weight excluding hydrogens is 398 g/mol. The third-order valence-electron chi connectivity index (χ3n) is 4.99. The van der Waals surface area contributed by atoms with E-state index in [0.29, 0.717) is 41.0 Å². The fourth-order valence-corrected chi connectivity index (χ4v) is 3.88. The monoisotopic (exact) mass is 417 g/mol. The molecule has 8 nitrogen and oxygen atoms in total. The number of hydrogen-bond acceptors (Lipinski definition) is 6. The number of nitrogens with one attached hydrogen (secondary N) is 1. The predicted octanol–water partition coefficient (Wildman–Crippen LogP) is 3.55. The van der Waals surface area contributed by atoms with Gasteiger partial charge >= 0.3 is 0 Å². The normalized spacial score (nSPS) is 15.3. The van der Waals surface area contributed by atoms with Gasteiger partial charge in [-0.05, 0) is 36.6 Å². The number of fused-ring (bicyclic) bond motifs is 1. The van der Waals surface area contributed by atoms with Gasteiger partial charge in [0.2, 0.25) is 0 Å². The summed E-state index contributed by atoms with van der Waals surface area (Å²) in [6.07, 6.45) is 2.07. The lowest BCUT2D eigenvalue weighted by Crippen LogP contribution is -2.27. The molecule has 2 aromatic carbocycles. The molecule has 4 rings (SSSR count). The minimum Gasteiger partial charge on any atom is -0.486 e. The maximum atomic E-state index is 12.9. The van der Waals surface area contributed by atoms with Gasteiger partial charge in [0.1, 0.15) is 13.2 Å². The second-order valence-corrected chi connectivity index (χ2v) is 7.34. The number of carbonyl (C=O) groups excluding carboxylic acids is 1. The van der Waals surface area contributed by atoms with Crippen molar-refractivity contribution in [1.29, 1.82) is 0 Å². The van der Waals surface area contributed by atoms with Crippen molar-refractivity contribution in [3.8, 4) is 11.5 Å². The summed E-state index contributed by atoms with van der Waals surface area (Å²) < 4.78 is 11.1. The summed E-state index contributed by atoms with van der Waals surface area (Å²) in [5, 5.41) is 14.4. The Labute approximate surface area is 172 Å². The van der Waals surface area contributed by atoms with E-state index in [2.05, 4.69) is 10.2 Å². The first-order chi connectivity index (χ1) is 14.0. The van der Waals surface area contributed by atoms with Crippen LogP contribution >= 0.6 is 11.6 Å². The summed E-state index contributed by atoms with van der Waals surface area (Å²) in [6.45, 7) is 2.74. The van der Waals surface area contributed by atoms with Crippen LogP contribution in [0.1, 0.15) is 28.8 Å². The highest BCUT2D eigenvalue weighted by Crippen LogP contribution is 2.38. The summed E-state index contributed by atoms with van der Waals surface area (Å²) in [5.41, 5.74) is 1.65. The highest BCUT2D eigenvalue weighted by molar-refractivity contribution is 6.32. The van der Waals surface area contributed by atoms with E-state index in [1.807, 2.05) is 0 Å². The number of amides is 1. The lowest BCUT2D eigenvalue weighted by Gasteiger charge is -2.21. The maximum absolute atomic E-state index is 12.9. The lowest BCUT2D eigenvalue weighted by atomic mass is 10.1. The Morgan fingerprint density at radius 1 is 1.17 bits per heavy atom. The van der Waals surface area contributed by atoms with Crippen molar-refractivity contribution in [1.82, 2.24) is 5.32 Å². The first-order valence-electron chi connectivity index (χ1n) is 9.42. The van der Waals surface area contributed by atoms with E-state index < -0.39 is 4.92 Å². The summed E-state index contributed by atoms with van der Waals surface area (Å²) in [7, 11) is 0. The predicted molar refractivity (Wildman–Crippen MR) is 108 cm³/mol. The van der Waals surface area contributed by atoms with Gasteiger partial charge in [0, 0.05) is 31.8 Å². The molecule has 2 heterocycles. The van der Waals surface area contributed by atoms with Crippen LogP contribution in [0.15, 0.2) is 30.3 Å². The number of rotatable bonds is 5. The van der Waals surface area contributed by atoms with Gasteiger partial charge in [-0.25, -0.2) is 0 Å². The van der Waals surface area contributed by atoms with Gasteiger partial charge in [-0.2, -0.15) is 0 Å². The number of non-ortho nitro benzene ring substituents is 1. The van der Waals surface area contributed by atoms with E-state index in [9.17, 15) is 14.9 Å². The summed E-state index contributed by atoms with van der Waals surface area (Å²) in [6, 6.07) is 7.91. The highest BCUT2D eigenvalue weighted by Gasteiger charge is 2.23. The van der Waals surface area contributed by atoms with Crippen LogP contribution in [0.25, 0.3) is 0 Å². The molecule has 1 amide bonds. The highest BCUT2D eigenvalue weighted by atomic mass is 35.5. The van der Waals surface area contributed by atoms with Crippen molar-refractivity contribution >= 4 is 28.9 Å². The number of nitrogens with zero attached hydrogens (tertiary/aromatic N) is 2. The minimum atomic E-state index is -0.495. The quantitative estimate of drug-likeness (QED) is 0.590.